The average molecular weight is 309 g/mol. The van der Waals surface area contributed by atoms with Crippen molar-refractivity contribution >= 4 is 5.91 Å². The van der Waals surface area contributed by atoms with Crippen LogP contribution in [0.4, 0.5) is 0 Å². The van der Waals surface area contributed by atoms with Crippen LogP contribution in [-0.4, -0.2) is 17.6 Å². The van der Waals surface area contributed by atoms with Crippen LogP contribution in [0, 0.1) is 0 Å². The molecule has 2 rings (SSSR count). The number of hydrogen-bond acceptors (Lipinski definition) is 2. The number of aliphatic hydroxyl groups excluding tert-OH is 1. The molecule has 0 aliphatic carbocycles. The number of benzene rings is 2. The van der Waals surface area contributed by atoms with Crippen LogP contribution in [-0.2, 0) is 16.6 Å². The SMILES string of the molecule is CCc1ccccc1C(C/C=C/CO)(C(N)=O)c1ccccc1. The van der Waals surface area contributed by atoms with Crippen molar-refractivity contribution in [3.8, 4) is 0 Å². The van der Waals surface area contributed by atoms with Crippen LogP contribution in [0.25, 0.3) is 0 Å². The highest BCUT2D eigenvalue weighted by molar-refractivity contribution is 5.91. The summed E-state index contributed by atoms with van der Waals surface area (Å²) in [6, 6.07) is 17.5. The highest BCUT2D eigenvalue weighted by Gasteiger charge is 2.40. The molecule has 1 atom stereocenters. The highest BCUT2D eigenvalue weighted by atomic mass is 16.2. The van der Waals surface area contributed by atoms with Crippen LogP contribution in [0.1, 0.15) is 30.0 Å². The Bertz CT molecular complexity index is 679. The minimum absolute atomic E-state index is 0.0565. The predicted molar refractivity (Wildman–Crippen MR) is 93.1 cm³/mol. The molecule has 0 aliphatic rings. The molecule has 1 amide bonds. The van der Waals surface area contributed by atoms with Crippen molar-refractivity contribution in [1.29, 1.82) is 0 Å². The fourth-order valence-corrected chi connectivity index (χ4v) is 3.06. The van der Waals surface area contributed by atoms with Crippen molar-refractivity contribution < 1.29 is 9.90 Å². The molecule has 2 aromatic rings. The van der Waals surface area contributed by atoms with Gasteiger partial charge in [0.2, 0.25) is 5.91 Å². The molecular weight excluding hydrogens is 286 g/mol. The number of carbonyl (C=O) groups is 1. The molecule has 23 heavy (non-hydrogen) atoms. The van der Waals surface area contributed by atoms with E-state index in [1.165, 1.54) is 0 Å². The van der Waals surface area contributed by atoms with Crippen molar-refractivity contribution in [3.63, 3.8) is 0 Å². The molecule has 2 aromatic carbocycles. The van der Waals surface area contributed by atoms with Crippen LogP contribution >= 0.6 is 0 Å². The lowest BCUT2D eigenvalue weighted by Gasteiger charge is -2.32. The van der Waals surface area contributed by atoms with Gasteiger partial charge in [0.1, 0.15) is 5.41 Å². The van der Waals surface area contributed by atoms with Gasteiger partial charge in [-0.05, 0) is 29.5 Å². The average Bonchev–Trinajstić information content (AvgIpc) is 2.59. The molecule has 0 saturated carbocycles. The van der Waals surface area contributed by atoms with Crippen LogP contribution < -0.4 is 5.73 Å². The fraction of sp³-hybridized carbons (Fsp3) is 0.250. The van der Waals surface area contributed by atoms with Crippen molar-refractivity contribution in [2.75, 3.05) is 6.61 Å². The third kappa shape index (κ3) is 3.35. The van der Waals surface area contributed by atoms with Crippen LogP contribution in [0.3, 0.4) is 0 Å². The summed E-state index contributed by atoms with van der Waals surface area (Å²) in [4.78, 5) is 12.6. The highest BCUT2D eigenvalue weighted by Crippen LogP contribution is 2.38. The Balaban J connectivity index is 2.71. The van der Waals surface area contributed by atoms with Crippen LogP contribution in [0.2, 0.25) is 0 Å². The quantitative estimate of drug-likeness (QED) is 0.772. The first-order valence-electron chi connectivity index (χ1n) is 7.86. The summed E-state index contributed by atoms with van der Waals surface area (Å²) >= 11 is 0. The van der Waals surface area contributed by atoms with E-state index in [0.29, 0.717) is 6.42 Å². The van der Waals surface area contributed by atoms with E-state index >= 15 is 0 Å². The largest absolute Gasteiger partial charge is 0.392 e. The van der Waals surface area contributed by atoms with E-state index in [1.54, 1.807) is 6.08 Å². The summed E-state index contributed by atoms with van der Waals surface area (Å²) in [5.74, 6) is -0.382. The zero-order chi connectivity index (χ0) is 16.7. The third-order valence-electron chi connectivity index (χ3n) is 4.24. The number of nitrogens with two attached hydrogens (primary N) is 1. The molecule has 0 bridgehead atoms. The summed E-state index contributed by atoms with van der Waals surface area (Å²) in [5, 5.41) is 9.04. The van der Waals surface area contributed by atoms with Gasteiger partial charge in [0.15, 0.2) is 0 Å². The number of amides is 1. The Morgan fingerprint density at radius 2 is 1.74 bits per heavy atom. The molecule has 0 heterocycles. The molecule has 3 N–H and O–H groups in total. The van der Waals surface area contributed by atoms with E-state index in [-0.39, 0.29) is 12.5 Å². The first-order chi connectivity index (χ1) is 11.2. The predicted octanol–water partition coefficient (Wildman–Crippen LogP) is 2.96. The number of hydrogen-bond donors (Lipinski definition) is 2. The van der Waals surface area contributed by atoms with Crippen molar-refractivity contribution in [3.05, 3.63) is 83.4 Å². The smallest absolute Gasteiger partial charge is 0.232 e. The van der Waals surface area contributed by atoms with Gasteiger partial charge in [-0.2, -0.15) is 0 Å². The van der Waals surface area contributed by atoms with E-state index < -0.39 is 5.41 Å². The van der Waals surface area contributed by atoms with Gasteiger partial charge in [0, 0.05) is 0 Å². The number of rotatable bonds is 7. The molecule has 0 aliphatic heterocycles. The normalized spacial score (nSPS) is 13.8. The third-order valence-corrected chi connectivity index (χ3v) is 4.24. The standard InChI is InChI=1S/C20H23NO2/c1-2-16-10-6-7-13-18(16)20(19(21)23,14-8-9-15-22)17-11-4-3-5-12-17/h3-13,22H,2,14-15H2,1H3,(H2,21,23)/b9-8+. The first kappa shape index (κ1) is 17.0. The number of aryl methyl sites for hydroxylation is 1. The maximum atomic E-state index is 12.6. The molecule has 3 heteroatoms. The number of allylic oxidation sites excluding steroid dienone is 1. The first-order valence-corrected chi connectivity index (χ1v) is 7.86. The lowest BCUT2D eigenvalue weighted by atomic mass is 9.69. The van der Waals surface area contributed by atoms with E-state index in [4.69, 9.17) is 10.8 Å². The van der Waals surface area contributed by atoms with Crippen molar-refractivity contribution in [2.24, 2.45) is 5.73 Å². The van der Waals surface area contributed by atoms with Gasteiger partial charge < -0.3 is 10.8 Å². The second-order valence-corrected chi connectivity index (χ2v) is 5.50. The molecule has 3 nitrogen and oxygen atoms in total. The minimum Gasteiger partial charge on any atom is -0.392 e. The van der Waals surface area contributed by atoms with Gasteiger partial charge in [0.25, 0.3) is 0 Å². The van der Waals surface area contributed by atoms with Crippen LogP contribution in [0.15, 0.2) is 66.7 Å². The molecule has 0 spiro atoms. The van der Waals surface area contributed by atoms with Crippen molar-refractivity contribution in [2.45, 2.75) is 25.2 Å². The zero-order valence-corrected chi connectivity index (χ0v) is 13.4. The van der Waals surface area contributed by atoms with E-state index in [1.807, 2.05) is 60.7 Å². The van der Waals surface area contributed by atoms with E-state index in [0.717, 1.165) is 23.1 Å². The second-order valence-electron chi connectivity index (χ2n) is 5.50. The summed E-state index contributed by atoms with van der Waals surface area (Å²) in [6.07, 6.45) is 4.71. The second kappa shape index (κ2) is 7.75. The molecule has 0 saturated heterocycles. The summed E-state index contributed by atoms with van der Waals surface area (Å²) in [5.41, 5.74) is 7.88. The molecule has 0 fully saturated rings. The van der Waals surface area contributed by atoms with E-state index in [9.17, 15) is 4.79 Å². The van der Waals surface area contributed by atoms with Gasteiger partial charge in [0.05, 0.1) is 6.61 Å². The molecule has 0 radical (unpaired) electrons. The zero-order valence-electron chi connectivity index (χ0n) is 13.4. The van der Waals surface area contributed by atoms with Gasteiger partial charge in [-0.1, -0.05) is 73.7 Å². The molecule has 0 aromatic heterocycles. The van der Waals surface area contributed by atoms with Gasteiger partial charge >= 0.3 is 0 Å². The fourth-order valence-electron chi connectivity index (χ4n) is 3.06. The monoisotopic (exact) mass is 309 g/mol. The molecule has 120 valence electrons. The maximum Gasteiger partial charge on any atom is 0.232 e. The number of primary amides is 1. The van der Waals surface area contributed by atoms with Crippen LogP contribution in [0.5, 0.6) is 0 Å². The van der Waals surface area contributed by atoms with Gasteiger partial charge in [-0.3, -0.25) is 4.79 Å². The van der Waals surface area contributed by atoms with E-state index in [2.05, 4.69) is 6.92 Å². The summed E-state index contributed by atoms with van der Waals surface area (Å²) < 4.78 is 0. The number of aliphatic hydroxyl groups is 1. The van der Waals surface area contributed by atoms with Gasteiger partial charge in [-0.15, -0.1) is 0 Å². The summed E-state index contributed by atoms with van der Waals surface area (Å²) in [7, 11) is 0. The van der Waals surface area contributed by atoms with Crippen molar-refractivity contribution in [1.82, 2.24) is 0 Å². The Hall–Kier alpha value is -2.39. The lowest BCUT2D eigenvalue weighted by Crippen LogP contribution is -2.42. The summed E-state index contributed by atoms with van der Waals surface area (Å²) in [6.45, 7) is 2.01. The topological polar surface area (TPSA) is 63.3 Å². The Morgan fingerprint density at radius 3 is 2.35 bits per heavy atom. The Morgan fingerprint density at radius 1 is 1.09 bits per heavy atom. The maximum absolute atomic E-state index is 12.6. The molecular formula is C20H23NO2. The molecule has 1 unspecified atom stereocenters. The lowest BCUT2D eigenvalue weighted by molar-refractivity contribution is -0.122. The Labute approximate surface area is 137 Å². The van der Waals surface area contributed by atoms with Gasteiger partial charge in [-0.25, -0.2) is 0 Å². The number of carbonyl (C=O) groups excluding carboxylic acids is 1. The Kier molecular flexibility index (Phi) is 5.72. The minimum atomic E-state index is -0.931.